The van der Waals surface area contributed by atoms with Crippen LogP contribution in [0.15, 0.2) is 66.7 Å². The number of piperidine rings is 1. The molecule has 0 aliphatic carbocycles. The number of carbonyl (C=O) groups excluding carboxylic acids is 2. The summed E-state index contributed by atoms with van der Waals surface area (Å²) in [7, 11) is 1.59. The van der Waals surface area contributed by atoms with E-state index < -0.39 is 0 Å². The minimum absolute atomic E-state index is 0. The van der Waals surface area contributed by atoms with Crippen molar-refractivity contribution in [2.75, 3.05) is 30.4 Å². The number of hydrogen-bond acceptors (Lipinski definition) is 4. The first-order valence-corrected chi connectivity index (χ1v) is 11.6. The minimum Gasteiger partial charge on any atom is -0.497 e. The number of ether oxygens (including phenoxy) is 1. The number of benzene rings is 3. The maximum absolute atomic E-state index is 13.3. The number of methoxy groups -OCH3 is 1. The highest BCUT2D eigenvalue weighted by Crippen LogP contribution is 2.32. The number of carbonyl (C=O) groups is 2. The fourth-order valence-corrected chi connectivity index (χ4v) is 4.55. The summed E-state index contributed by atoms with van der Waals surface area (Å²) in [5.41, 5.74) is 3.86. The first kappa shape index (κ1) is 26.2. The van der Waals surface area contributed by atoms with E-state index in [4.69, 9.17) is 4.74 Å². The molecule has 184 valence electrons. The maximum atomic E-state index is 13.3. The van der Waals surface area contributed by atoms with Gasteiger partial charge in [-0.1, -0.05) is 25.1 Å². The number of nitrogens with zero attached hydrogens (tertiary/aromatic N) is 1. The number of Topliss-reactive ketones (excluding diaryl/α,β-unsaturated/α-hetero) is 1. The fraction of sp³-hybridized carbons (Fsp3) is 0.286. The van der Waals surface area contributed by atoms with Crippen LogP contribution in [0.1, 0.15) is 46.0 Å². The second-order valence-corrected chi connectivity index (χ2v) is 8.49. The molecule has 1 fully saturated rings. The summed E-state index contributed by atoms with van der Waals surface area (Å²) in [5, 5.41) is 2.99. The van der Waals surface area contributed by atoms with Crippen molar-refractivity contribution < 1.29 is 18.7 Å². The van der Waals surface area contributed by atoms with Crippen LogP contribution in [0.4, 0.5) is 15.8 Å². The number of rotatable bonds is 7. The third kappa shape index (κ3) is 6.01. The summed E-state index contributed by atoms with van der Waals surface area (Å²) in [5.74, 6) is 0.0996. The van der Waals surface area contributed by atoms with Crippen LogP contribution in [-0.4, -0.2) is 31.9 Å². The standard InChI is InChI=1S/C28H29FN2O3.ClH/c1-3-19-6-4-9-25(28(33)30-23-7-5-8-24(18-23)34-2)26(19)31-16-14-21(15-17-31)27(32)20-10-12-22(29)13-11-20;/h4-13,18,21H,3,14-17H2,1-2H3,(H,30,33);1H. The predicted octanol–water partition coefficient (Wildman–Crippen LogP) is 6.17. The number of nitrogens with one attached hydrogen (secondary N) is 1. The third-order valence-corrected chi connectivity index (χ3v) is 6.38. The zero-order valence-electron chi connectivity index (χ0n) is 19.9. The Morgan fingerprint density at radius 2 is 1.71 bits per heavy atom. The van der Waals surface area contributed by atoms with Crippen molar-refractivity contribution in [3.8, 4) is 5.75 Å². The zero-order valence-corrected chi connectivity index (χ0v) is 20.7. The van der Waals surface area contributed by atoms with Gasteiger partial charge in [-0.25, -0.2) is 4.39 Å². The molecule has 0 spiro atoms. The van der Waals surface area contributed by atoms with Crippen molar-refractivity contribution in [3.63, 3.8) is 0 Å². The maximum Gasteiger partial charge on any atom is 0.257 e. The number of anilines is 2. The van der Waals surface area contributed by atoms with Crippen molar-refractivity contribution >= 4 is 35.5 Å². The lowest BCUT2D eigenvalue weighted by molar-refractivity contribution is 0.0899. The molecular weight excluding hydrogens is 467 g/mol. The number of aryl methyl sites for hydroxylation is 1. The second kappa shape index (κ2) is 11.8. The van der Waals surface area contributed by atoms with Crippen LogP contribution in [0.2, 0.25) is 0 Å². The molecule has 0 radical (unpaired) electrons. The monoisotopic (exact) mass is 496 g/mol. The summed E-state index contributed by atoms with van der Waals surface area (Å²) in [6.07, 6.45) is 2.17. The van der Waals surface area contributed by atoms with Gasteiger partial charge in [0.1, 0.15) is 11.6 Å². The highest BCUT2D eigenvalue weighted by Gasteiger charge is 2.29. The summed E-state index contributed by atoms with van der Waals surface area (Å²) >= 11 is 0. The molecule has 5 nitrogen and oxygen atoms in total. The van der Waals surface area contributed by atoms with Gasteiger partial charge in [-0.2, -0.15) is 0 Å². The van der Waals surface area contributed by atoms with Gasteiger partial charge in [0.2, 0.25) is 0 Å². The van der Waals surface area contributed by atoms with Gasteiger partial charge in [0, 0.05) is 36.3 Å². The highest BCUT2D eigenvalue weighted by atomic mass is 35.5. The Morgan fingerprint density at radius 3 is 2.37 bits per heavy atom. The van der Waals surface area contributed by atoms with E-state index in [1.54, 1.807) is 25.3 Å². The molecule has 0 saturated carbocycles. The molecule has 1 amide bonds. The molecule has 0 unspecified atom stereocenters. The van der Waals surface area contributed by atoms with E-state index in [2.05, 4.69) is 17.1 Å². The molecular formula is C28H30ClFN2O3. The van der Waals surface area contributed by atoms with E-state index in [-0.39, 0.29) is 35.8 Å². The molecule has 1 saturated heterocycles. The van der Waals surface area contributed by atoms with Crippen LogP contribution in [0.5, 0.6) is 5.75 Å². The Bertz CT molecular complexity index is 1180. The average Bonchev–Trinajstić information content (AvgIpc) is 2.88. The van der Waals surface area contributed by atoms with E-state index in [1.165, 1.54) is 12.1 Å². The fourth-order valence-electron chi connectivity index (χ4n) is 4.55. The van der Waals surface area contributed by atoms with Gasteiger partial charge >= 0.3 is 0 Å². The van der Waals surface area contributed by atoms with E-state index in [1.807, 2.05) is 36.4 Å². The lowest BCUT2D eigenvalue weighted by Gasteiger charge is -2.35. The quantitative estimate of drug-likeness (QED) is 0.397. The smallest absolute Gasteiger partial charge is 0.257 e. The minimum atomic E-state index is -0.345. The molecule has 1 heterocycles. The van der Waals surface area contributed by atoms with Crippen LogP contribution < -0.4 is 15.0 Å². The summed E-state index contributed by atoms with van der Waals surface area (Å²) in [6.45, 7) is 3.43. The highest BCUT2D eigenvalue weighted by molar-refractivity contribution is 6.08. The summed E-state index contributed by atoms with van der Waals surface area (Å²) in [4.78, 5) is 28.4. The van der Waals surface area contributed by atoms with Gasteiger partial charge in [0.15, 0.2) is 5.78 Å². The van der Waals surface area contributed by atoms with Gasteiger partial charge in [-0.05, 0) is 67.3 Å². The molecule has 7 heteroatoms. The van der Waals surface area contributed by atoms with Gasteiger partial charge in [0.25, 0.3) is 5.91 Å². The SMILES string of the molecule is CCc1cccc(C(=O)Nc2cccc(OC)c2)c1N1CCC(C(=O)c2ccc(F)cc2)CC1.Cl. The van der Waals surface area contributed by atoms with E-state index >= 15 is 0 Å². The lowest BCUT2D eigenvalue weighted by atomic mass is 9.88. The predicted molar refractivity (Wildman–Crippen MR) is 140 cm³/mol. The Kier molecular flexibility index (Phi) is 8.88. The third-order valence-electron chi connectivity index (χ3n) is 6.38. The van der Waals surface area contributed by atoms with Crippen molar-refractivity contribution in [1.82, 2.24) is 0 Å². The molecule has 0 aromatic heterocycles. The Hall–Kier alpha value is -3.38. The summed E-state index contributed by atoms with van der Waals surface area (Å²) in [6, 6.07) is 18.8. The first-order chi connectivity index (χ1) is 16.5. The van der Waals surface area contributed by atoms with Gasteiger partial charge in [0.05, 0.1) is 18.4 Å². The van der Waals surface area contributed by atoms with Crippen molar-refractivity contribution in [1.29, 1.82) is 0 Å². The molecule has 3 aromatic rings. The van der Waals surface area contributed by atoms with Crippen LogP contribution in [-0.2, 0) is 6.42 Å². The average molecular weight is 497 g/mol. The van der Waals surface area contributed by atoms with Gasteiger partial charge < -0.3 is 15.0 Å². The van der Waals surface area contributed by atoms with Gasteiger partial charge in [-0.15, -0.1) is 12.4 Å². The van der Waals surface area contributed by atoms with Crippen LogP contribution >= 0.6 is 12.4 Å². The van der Waals surface area contributed by atoms with Crippen molar-refractivity contribution in [3.05, 3.63) is 89.2 Å². The van der Waals surface area contributed by atoms with Crippen molar-refractivity contribution in [2.45, 2.75) is 26.2 Å². The number of hydrogen-bond donors (Lipinski definition) is 1. The van der Waals surface area contributed by atoms with Gasteiger partial charge in [-0.3, -0.25) is 9.59 Å². The Labute approximate surface area is 211 Å². The second-order valence-electron chi connectivity index (χ2n) is 8.49. The van der Waals surface area contributed by atoms with Crippen LogP contribution in [0, 0.1) is 11.7 Å². The molecule has 3 aromatic carbocycles. The molecule has 4 rings (SSSR count). The van der Waals surface area contributed by atoms with E-state index in [0.717, 1.165) is 17.7 Å². The van der Waals surface area contributed by atoms with Crippen molar-refractivity contribution in [2.24, 2.45) is 5.92 Å². The number of para-hydroxylation sites is 1. The Balaban J connectivity index is 0.00000342. The normalized spacial score (nSPS) is 13.6. The molecule has 0 atom stereocenters. The lowest BCUT2D eigenvalue weighted by Crippen LogP contribution is -2.38. The topological polar surface area (TPSA) is 58.6 Å². The molecule has 1 aliphatic rings. The molecule has 1 N–H and O–H groups in total. The van der Waals surface area contributed by atoms with E-state index in [9.17, 15) is 14.0 Å². The Morgan fingerprint density at radius 1 is 1.03 bits per heavy atom. The van der Waals surface area contributed by atoms with Crippen LogP contribution in [0.3, 0.4) is 0 Å². The number of ketones is 1. The number of halogens is 2. The largest absolute Gasteiger partial charge is 0.497 e. The zero-order chi connectivity index (χ0) is 24.1. The van der Waals surface area contributed by atoms with E-state index in [0.29, 0.717) is 48.5 Å². The number of amides is 1. The summed E-state index contributed by atoms with van der Waals surface area (Å²) < 4.78 is 18.5. The molecule has 1 aliphatic heterocycles. The van der Waals surface area contributed by atoms with Crippen LogP contribution in [0.25, 0.3) is 0 Å². The molecule has 35 heavy (non-hydrogen) atoms. The first-order valence-electron chi connectivity index (χ1n) is 11.6. The molecule has 0 bridgehead atoms.